The summed E-state index contributed by atoms with van der Waals surface area (Å²) in [7, 11) is 0. The molecule has 0 aliphatic carbocycles. The van der Waals surface area contributed by atoms with Crippen molar-refractivity contribution in [3.05, 3.63) is 77.5 Å². The highest BCUT2D eigenvalue weighted by atomic mass is 14.7. The van der Waals surface area contributed by atoms with Crippen molar-refractivity contribution < 1.29 is 4.11 Å². The smallest absolute Gasteiger partial charge is 0.0705 e. The molecule has 3 aromatic rings. The number of benzene rings is 2. The van der Waals surface area contributed by atoms with Gasteiger partial charge in [-0.3, -0.25) is 4.98 Å². The van der Waals surface area contributed by atoms with E-state index in [0.717, 1.165) is 36.8 Å². The Morgan fingerprint density at radius 1 is 0.704 bits per heavy atom. The zero-order chi connectivity index (χ0) is 21.6. The average Bonchev–Trinajstić information content (AvgIpc) is 2.76. The lowest BCUT2D eigenvalue weighted by Crippen LogP contribution is -1.92. The van der Waals surface area contributed by atoms with E-state index in [1.807, 2.05) is 36.4 Å². The largest absolute Gasteiger partial charge is 0.252 e. The summed E-state index contributed by atoms with van der Waals surface area (Å²) >= 11 is 0. The molecule has 0 atom stereocenters. The molecule has 0 aliphatic heterocycles. The van der Waals surface area contributed by atoms with E-state index in [1.54, 1.807) is 0 Å². The molecular weight excluding hydrogens is 326 g/mol. The molecule has 1 heterocycles. The summed E-state index contributed by atoms with van der Waals surface area (Å²) < 4.78 is 24.1. The van der Waals surface area contributed by atoms with Crippen LogP contribution in [-0.2, 0) is 12.8 Å². The monoisotopic (exact) mass is 360 g/mol. The predicted molar refractivity (Wildman–Crippen MR) is 117 cm³/mol. The number of pyridine rings is 1. The van der Waals surface area contributed by atoms with Gasteiger partial charge in [-0.2, -0.15) is 0 Å². The molecule has 140 valence electrons. The molecule has 1 nitrogen and oxygen atoms in total. The van der Waals surface area contributed by atoms with Crippen LogP contribution in [0, 0.1) is 6.85 Å². The van der Waals surface area contributed by atoms with Gasteiger partial charge in [-0.1, -0.05) is 81.3 Å². The van der Waals surface area contributed by atoms with Crippen molar-refractivity contribution in [2.24, 2.45) is 0 Å². The van der Waals surface area contributed by atoms with Crippen LogP contribution in [0.15, 0.2) is 60.7 Å². The van der Waals surface area contributed by atoms with Crippen molar-refractivity contribution in [2.45, 2.75) is 59.2 Å². The van der Waals surface area contributed by atoms with Crippen LogP contribution < -0.4 is 0 Å². The van der Waals surface area contributed by atoms with Gasteiger partial charge in [-0.05, 0) is 55.3 Å². The molecule has 2 aromatic carbocycles. The Kier molecular flexibility index (Phi) is 5.50. The molecule has 3 rings (SSSR count). The summed E-state index contributed by atoms with van der Waals surface area (Å²) in [4.78, 5) is 4.59. The van der Waals surface area contributed by atoms with Gasteiger partial charge in [0.2, 0.25) is 0 Å². The van der Waals surface area contributed by atoms with E-state index in [9.17, 15) is 0 Å². The molecule has 0 amide bonds. The Hall–Kier alpha value is -2.41. The van der Waals surface area contributed by atoms with Gasteiger partial charge in [-0.25, -0.2) is 0 Å². The number of unbranched alkanes of at least 4 members (excludes halogenated alkanes) is 2. The summed E-state index contributed by atoms with van der Waals surface area (Å²) in [6.07, 6.45) is 6.79. The molecule has 27 heavy (non-hydrogen) atoms. The van der Waals surface area contributed by atoms with Crippen LogP contribution in [0.4, 0.5) is 0 Å². The number of aryl methyl sites for hydroxylation is 3. The van der Waals surface area contributed by atoms with Gasteiger partial charge in [0, 0.05) is 20.9 Å². The normalized spacial score (nSPS) is 13.0. The SMILES string of the molecule is [2H]C([2H])([2H])c1nc(-c2ccc(CCCC)cc2)ccc1-c1ccc(CCCC)cc1. The summed E-state index contributed by atoms with van der Waals surface area (Å²) in [6.45, 7) is 2.10. The van der Waals surface area contributed by atoms with Gasteiger partial charge in [0.05, 0.1) is 5.69 Å². The number of hydrogen-bond donors (Lipinski definition) is 0. The quantitative estimate of drug-likeness (QED) is 0.407. The molecule has 0 N–H and O–H groups in total. The molecule has 0 fully saturated rings. The van der Waals surface area contributed by atoms with Crippen LogP contribution >= 0.6 is 0 Å². The molecular formula is C26H31N. The maximum Gasteiger partial charge on any atom is 0.0705 e. The van der Waals surface area contributed by atoms with E-state index < -0.39 is 6.85 Å². The second kappa shape index (κ2) is 9.50. The minimum atomic E-state index is -2.27. The Labute approximate surface area is 168 Å². The van der Waals surface area contributed by atoms with Crippen LogP contribution in [-0.4, -0.2) is 4.98 Å². The zero-order valence-electron chi connectivity index (χ0n) is 19.5. The maximum absolute atomic E-state index is 8.04. The Bertz CT molecular complexity index is 942. The first-order valence-corrected chi connectivity index (χ1v) is 10.1. The van der Waals surface area contributed by atoms with E-state index >= 15 is 0 Å². The molecule has 0 unspecified atom stereocenters. The van der Waals surface area contributed by atoms with Crippen LogP contribution in [0.25, 0.3) is 22.4 Å². The highest BCUT2D eigenvalue weighted by molar-refractivity contribution is 5.69. The van der Waals surface area contributed by atoms with Crippen molar-refractivity contribution in [1.29, 1.82) is 0 Å². The van der Waals surface area contributed by atoms with E-state index in [2.05, 4.69) is 43.1 Å². The highest BCUT2D eigenvalue weighted by Gasteiger charge is 2.07. The lowest BCUT2D eigenvalue weighted by Gasteiger charge is -2.10. The Morgan fingerprint density at radius 3 is 1.78 bits per heavy atom. The van der Waals surface area contributed by atoms with Gasteiger partial charge in [0.15, 0.2) is 0 Å². The third-order valence-electron chi connectivity index (χ3n) is 5.05. The van der Waals surface area contributed by atoms with Crippen molar-refractivity contribution >= 4 is 0 Å². The number of hydrogen-bond acceptors (Lipinski definition) is 1. The standard InChI is InChI=1S/C26H31N/c1-4-6-8-21-10-14-23(15-11-21)25-18-19-26(27-20(25)3)24-16-12-22(13-17-24)9-7-5-2/h10-19H,4-9H2,1-3H3/i3D3. The Balaban J connectivity index is 1.92. The second-order valence-electron chi connectivity index (χ2n) is 7.19. The van der Waals surface area contributed by atoms with Crippen LogP contribution in [0.5, 0.6) is 0 Å². The summed E-state index contributed by atoms with van der Waals surface area (Å²) in [6, 6.07) is 20.4. The average molecular weight is 361 g/mol. The van der Waals surface area contributed by atoms with E-state index in [-0.39, 0.29) is 5.69 Å². The van der Waals surface area contributed by atoms with Crippen molar-refractivity contribution in [1.82, 2.24) is 4.98 Å². The molecule has 1 heteroatoms. The minimum absolute atomic E-state index is 0.163. The fraction of sp³-hybridized carbons (Fsp3) is 0.346. The first-order valence-electron chi connectivity index (χ1n) is 11.6. The first-order chi connectivity index (χ1) is 14.4. The predicted octanol–water partition coefficient (Wildman–Crippen LogP) is 7.41. The molecule has 1 aromatic heterocycles. The first kappa shape index (κ1) is 15.6. The molecule has 0 spiro atoms. The number of nitrogens with zero attached hydrogens (tertiary/aromatic N) is 1. The number of aromatic nitrogens is 1. The molecule has 0 aliphatic rings. The molecule has 0 saturated carbocycles. The van der Waals surface area contributed by atoms with E-state index in [1.165, 1.54) is 24.0 Å². The molecule has 0 bridgehead atoms. The summed E-state index contributed by atoms with van der Waals surface area (Å²) in [5, 5.41) is 0. The maximum atomic E-state index is 8.04. The topological polar surface area (TPSA) is 12.9 Å². The second-order valence-corrected chi connectivity index (χ2v) is 7.19. The van der Waals surface area contributed by atoms with Gasteiger partial charge >= 0.3 is 0 Å². The third-order valence-corrected chi connectivity index (χ3v) is 5.05. The molecule has 0 saturated heterocycles. The fourth-order valence-corrected chi connectivity index (χ4v) is 3.31. The van der Waals surface area contributed by atoms with Gasteiger partial charge in [0.1, 0.15) is 0 Å². The van der Waals surface area contributed by atoms with Gasteiger partial charge < -0.3 is 0 Å². The fourth-order valence-electron chi connectivity index (χ4n) is 3.31. The van der Waals surface area contributed by atoms with Gasteiger partial charge in [0.25, 0.3) is 0 Å². The lowest BCUT2D eigenvalue weighted by molar-refractivity contribution is 0.795. The van der Waals surface area contributed by atoms with E-state index in [4.69, 9.17) is 4.11 Å². The van der Waals surface area contributed by atoms with Crippen LogP contribution in [0.2, 0.25) is 0 Å². The summed E-state index contributed by atoms with van der Waals surface area (Å²) in [5.74, 6) is 0. The van der Waals surface area contributed by atoms with Gasteiger partial charge in [-0.15, -0.1) is 0 Å². The van der Waals surface area contributed by atoms with Crippen LogP contribution in [0.1, 0.15) is 60.5 Å². The van der Waals surface area contributed by atoms with Crippen LogP contribution in [0.3, 0.4) is 0 Å². The van der Waals surface area contributed by atoms with Crippen molar-refractivity contribution in [2.75, 3.05) is 0 Å². The Morgan fingerprint density at radius 2 is 1.26 bits per heavy atom. The minimum Gasteiger partial charge on any atom is -0.252 e. The van der Waals surface area contributed by atoms with Crippen molar-refractivity contribution in [3.63, 3.8) is 0 Å². The lowest BCUT2D eigenvalue weighted by atomic mass is 9.99. The molecule has 0 radical (unpaired) electrons. The van der Waals surface area contributed by atoms with E-state index in [0.29, 0.717) is 11.3 Å². The summed E-state index contributed by atoms with van der Waals surface area (Å²) in [5.41, 5.74) is 5.97. The highest BCUT2D eigenvalue weighted by Crippen LogP contribution is 2.27. The van der Waals surface area contributed by atoms with Crippen molar-refractivity contribution in [3.8, 4) is 22.4 Å². The number of rotatable bonds is 8. The third kappa shape index (κ3) is 5.07. The zero-order valence-corrected chi connectivity index (χ0v) is 16.5.